The summed E-state index contributed by atoms with van der Waals surface area (Å²) in [7, 11) is 0. The van der Waals surface area contributed by atoms with Crippen LogP contribution in [0.2, 0.25) is 5.02 Å². The number of aryl methyl sites for hydroxylation is 1. The standard InChI is InChI=1S/C13H19ClN2O/c1-10-3-2-4-11(14)13(10)12(9-17)16-7-5-15-6-8-16/h2-4,12,15,17H,5-9H2,1H3/t12-/m1/s1. The summed E-state index contributed by atoms with van der Waals surface area (Å²) >= 11 is 6.27. The van der Waals surface area contributed by atoms with Crippen LogP contribution >= 0.6 is 11.6 Å². The summed E-state index contributed by atoms with van der Waals surface area (Å²) in [6, 6.07) is 5.92. The largest absolute Gasteiger partial charge is 0.394 e. The number of aliphatic hydroxyl groups is 1. The first kappa shape index (κ1) is 12.8. The zero-order chi connectivity index (χ0) is 12.3. The molecule has 0 radical (unpaired) electrons. The molecular formula is C13H19ClN2O. The highest BCUT2D eigenvalue weighted by Gasteiger charge is 2.24. The molecule has 94 valence electrons. The summed E-state index contributed by atoms with van der Waals surface area (Å²) in [4.78, 5) is 2.30. The number of benzene rings is 1. The lowest BCUT2D eigenvalue weighted by molar-refractivity contribution is 0.110. The van der Waals surface area contributed by atoms with E-state index in [0.29, 0.717) is 0 Å². The molecule has 0 unspecified atom stereocenters. The number of piperazine rings is 1. The minimum absolute atomic E-state index is 0.0193. The van der Waals surface area contributed by atoms with Gasteiger partial charge >= 0.3 is 0 Å². The average molecular weight is 255 g/mol. The monoisotopic (exact) mass is 254 g/mol. The number of halogens is 1. The van der Waals surface area contributed by atoms with Crippen molar-refractivity contribution in [3.05, 3.63) is 34.3 Å². The molecule has 0 amide bonds. The highest BCUT2D eigenvalue weighted by molar-refractivity contribution is 6.31. The van der Waals surface area contributed by atoms with E-state index >= 15 is 0 Å². The van der Waals surface area contributed by atoms with Gasteiger partial charge in [0.25, 0.3) is 0 Å². The van der Waals surface area contributed by atoms with Crippen molar-refractivity contribution in [1.82, 2.24) is 10.2 Å². The molecule has 1 aromatic rings. The van der Waals surface area contributed by atoms with Gasteiger partial charge in [-0.2, -0.15) is 0 Å². The minimum Gasteiger partial charge on any atom is -0.394 e. The summed E-state index contributed by atoms with van der Waals surface area (Å²) < 4.78 is 0. The molecule has 17 heavy (non-hydrogen) atoms. The normalized spacial score (nSPS) is 19.2. The molecule has 1 saturated heterocycles. The fraction of sp³-hybridized carbons (Fsp3) is 0.538. The highest BCUT2D eigenvalue weighted by atomic mass is 35.5. The van der Waals surface area contributed by atoms with Gasteiger partial charge in [-0.15, -0.1) is 0 Å². The highest BCUT2D eigenvalue weighted by Crippen LogP contribution is 2.30. The van der Waals surface area contributed by atoms with E-state index in [0.717, 1.165) is 42.3 Å². The first-order valence-corrected chi connectivity index (χ1v) is 6.42. The molecule has 1 fully saturated rings. The Morgan fingerprint density at radius 1 is 1.41 bits per heavy atom. The summed E-state index contributed by atoms with van der Waals surface area (Å²) in [6.07, 6.45) is 0. The third-order valence-electron chi connectivity index (χ3n) is 3.37. The number of nitrogens with one attached hydrogen (secondary N) is 1. The summed E-state index contributed by atoms with van der Waals surface area (Å²) in [5, 5.41) is 13.7. The predicted octanol–water partition coefficient (Wildman–Crippen LogP) is 1.59. The van der Waals surface area contributed by atoms with E-state index < -0.39 is 0 Å². The van der Waals surface area contributed by atoms with E-state index in [9.17, 15) is 5.11 Å². The van der Waals surface area contributed by atoms with Crippen LogP contribution in [0.3, 0.4) is 0 Å². The number of aliphatic hydroxyl groups excluding tert-OH is 1. The van der Waals surface area contributed by atoms with E-state index in [2.05, 4.69) is 10.2 Å². The van der Waals surface area contributed by atoms with Crippen molar-refractivity contribution in [2.45, 2.75) is 13.0 Å². The lowest BCUT2D eigenvalue weighted by Gasteiger charge is -2.35. The van der Waals surface area contributed by atoms with E-state index in [4.69, 9.17) is 11.6 Å². The van der Waals surface area contributed by atoms with Crippen molar-refractivity contribution in [1.29, 1.82) is 0 Å². The van der Waals surface area contributed by atoms with Gasteiger partial charge in [-0.1, -0.05) is 23.7 Å². The topological polar surface area (TPSA) is 35.5 Å². The zero-order valence-electron chi connectivity index (χ0n) is 10.1. The number of hydrogen-bond donors (Lipinski definition) is 2. The van der Waals surface area contributed by atoms with Gasteiger partial charge in [-0.25, -0.2) is 0 Å². The van der Waals surface area contributed by atoms with Crippen LogP contribution in [0.4, 0.5) is 0 Å². The Kier molecular flexibility index (Phi) is 4.40. The van der Waals surface area contributed by atoms with Gasteiger partial charge in [0.2, 0.25) is 0 Å². The van der Waals surface area contributed by atoms with Crippen LogP contribution in [0, 0.1) is 6.92 Å². The van der Waals surface area contributed by atoms with Gasteiger partial charge in [0.15, 0.2) is 0 Å². The second-order valence-corrected chi connectivity index (χ2v) is 4.86. The van der Waals surface area contributed by atoms with Crippen LogP contribution in [0.1, 0.15) is 17.2 Å². The lowest BCUT2D eigenvalue weighted by Crippen LogP contribution is -2.46. The van der Waals surface area contributed by atoms with Crippen molar-refractivity contribution >= 4 is 11.6 Å². The first-order valence-electron chi connectivity index (χ1n) is 6.04. The van der Waals surface area contributed by atoms with Gasteiger partial charge in [0.1, 0.15) is 0 Å². The molecule has 1 aliphatic rings. The number of nitrogens with zero attached hydrogens (tertiary/aromatic N) is 1. The fourth-order valence-electron chi connectivity index (χ4n) is 2.45. The molecule has 3 nitrogen and oxygen atoms in total. The molecule has 1 atom stereocenters. The summed E-state index contributed by atoms with van der Waals surface area (Å²) in [5.74, 6) is 0. The Bertz CT molecular complexity index is 357. The fourth-order valence-corrected chi connectivity index (χ4v) is 2.80. The molecule has 0 bridgehead atoms. The maximum Gasteiger partial charge on any atom is 0.0629 e. The number of hydrogen-bond acceptors (Lipinski definition) is 3. The average Bonchev–Trinajstić information content (AvgIpc) is 2.35. The quantitative estimate of drug-likeness (QED) is 0.860. The van der Waals surface area contributed by atoms with Crippen molar-refractivity contribution in [2.75, 3.05) is 32.8 Å². The minimum atomic E-state index is 0.0193. The molecule has 0 aliphatic carbocycles. The van der Waals surface area contributed by atoms with Crippen molar-refractivity contribution < 1.29 is 5.11 Å². The third-order valence-corrected chi connectivity index (χ3v) is 3.70. The molecule has 2 N–H and O–H groups in total. The van der Waals surface area contributed by atoms with Crippen molar-refractivity contribution in [2.24, 2.45) is 0 Å². The third kappa shape index (κ3) is 2.80. The van der Waals surface area contributed by atoms with Gasteiger partial charge in [-0.05, 0) is 24.1 Å². The maximum atomic E-state index is 9.66. The lowest BCUT2D eigenvalue weighted by atomic mass is 10.00. The Morgan fingerprint density at radius 2 is 2.12 bits per heavy atom. The van der Waals surface area contributed by atoms with Gasteiger partial charge in [0.05, 0.1) is 12.6 Å². The smallest absolute Gasteiger partial charge is 0.0629 e. The van der Waals surface area contributed by atoms with E-state index in [1.807, 2.05) is 25.1 Å². The Balaban J connectivity index is 2.27. The van der Waals surface area contributed by atoms with Crippen LogP contribution in [-0.2, 0) is 0 Å². The van der Waals surface area contributed by atoms with Gasteiger partial charge < -0.3 is 10.4 Å². The molecule has 0 spiro atoms. The molecule has 2 rings (SSSR count). The summed E-state index contributed by atoms with van der Waals surface area (Å²) in [5.41, 5.74) is 2.22. The Labute approximate surface area is 107 Å². The molecular weight excluding hydrogens is 236 g/mol. The molecule has 4 heteroatoms. The number of rotatable bonds is 3. The summed E-state index contributed by atoms with van der Waals surface area (Å²) in [6.45, 7) is 6.02. The Hall–Kier alpha value is -0.610. The van der Waals surface area contributed by atoms with Crippen LogP contribution in [0.15, 0.2) is 18.2 Å². The molecule has 1 aromatic carbocycles. The predicted molar refractivity (Wildman–Crippen MR) is 70.5 cm³/mol. The molecule has 0 aromatic heterocycles. The van der Waals surface area contributed by atoms with Crippen LogP contribution < -0.4 is 5.32 Å². The maximum absolute atomic E-state index is 9.66. The van der Waals surface area contributed by atoms with Crippen molar-refractivity contribution in [3.63, 3.8) is 0 Å². The molecule has 1 aliphatic heterocycles. The van der Waals surface area contributed by atoms with E-state index in [-0.39, 0.29) is 12.6 Å². The van der Waals surface area contributed by atoms with E-state index in [1.54, 1.807) is 0 Å². The van der Waals surface area contributed by atoms with Crippen molar-refractivity contribution in [3.8, 4) is 0 Å². The molecule has 0 saturated carbocycles. The second-order valence-electron chi connectivity index (χ2n) is 4.45. The van der Waals surface area contributed by atoms with E-state index in [1.165, 1.54) is 0 Å². The van der Waals surface area contributed by atoms with Crippen LogP contribution in [0.5, 0.6) is 0 Å². The van der Waals surface area contributed by atoms with Gasteiger partial charge in [0, 0.05) is 31.2 Å². The molecule has 1 heterocycles. The first-order chi connectivity index (χ1) is 8.24. The van der Waals surface area contributed by atoms with Crippen LogP contribution in [0.25, 0.3) is 0 Å². The van der Waals surface area contributed by atoms with Crippen LogP contribution in [-0.4, -0.2) is 42.8 Å². The van der Waals surface area contributed by atoms with Gasteiger partial charge in [-0.3, -0.25) is 4.90 Å². The second kappa shape index (κ2) is 5.83. The Morgan fingerprint density at radius 3 is 2.71 bits per heavy atom. The zero-order valence-corrected chi connectivity index (χ0v) is 10.9. The SMILES string of the molecule is Cc1cccc(Cl)c1[C@@H](CO)N1CCNCC1.